The fraction of sp³-hybridized carbons (Fsp3) is 0.333. The molecular formula is C15H17F3N4. The molecular weight excluding hydrogens is 293 g/mol. The van der Waals surface area contributed by atoms with Gasteiger partial charge in [-0.05, 0) is 24.5 Å². The number of rotatable bonds is 6. The van der Waals surface area contributed by atoms with E-state index in [4.69, 9.17) is 0 Å². The second-order valence-corrected chi connectivity index (χ2v) is 5.25. The van der Waals surface area contributed by atoms with Crippen LogP contribution in [0.4, 0.5) is 30.5 Å². The molecule has 0 amide bonds. The van der Waals surface area contributed by atoms with Crippen molar-refractivity contribution in [1.29, 1.82) is 0 Å². The Morgan fingerprint density at radius 3 is 2.50 bits per heavy atom. The summed E-state index contributed by atoms with van der Waals surface area (Å²) in [5.41, 5.74) is -0.189. The van der Waals surface area contributed by atoms with Crippen molar-refractivity contribution in [2.24, 2.45) is 5.92 Å². The number of halogens is 3. The zero-order valence-electron chi connectivity index (χ0n) is 12.3. The van der Waals surface area contributed by atoms with E-state index in [-0.39, 0.29) is 11.5 Å². The van der Waals surface area contributed by atoms with E-state index in [9.17, 15) is 13.2 Å². The molecule has 1 heterocycles. The predicted octanol–water partition coefficient (Wildman–Crippen LogP) is 4.10. The van der Waals surface area contributed by atoms with Gasteiger partial charge in [-0.25, -0.2) is 23.1 Å². The van der Waals surface area contributed by atoms with Crippen LogP contribution in [0.15, 0.2) is 24.5 Å². The van der Waals surface area contributed by atoms with Gasteiger partial charge in [0, 0.05) is 12.6 Å². The largest absolute Gasteiger partial charge is 0.370 e. The molecule has 0 saturated carbocycles. The van der Waals surface area contributed by atoms with Crippen molar-refractivity contribution in [3.05, 3.63) is 42.0 Å². The summed E-state index contributed by atoms with van der Waals surface area (Å²) in [5, 5.41) is 5.73. The fourth-order valence-electron chi connectivity index (χ4n) is 1.77. The quantitative estimate of drug-likeness (QED) is 0.789. The first-order valence-corrected chi connectivity index (χ1v) is 6.94. The molecule has 118 valence electrons. The van der Waals surface area contributed by atoms with Crippen molar-refractivity contribution < 1.29 is 13.2 Å². The summed E-state index contributed by atoms with van der Waals surface area (Å²) < 4.78 is 39.7. The number of hydrogen-bond donors (Lipinski definition) is 2. The van der Waals surface area contributed by atoms with Crippen LogP contribution in [0.3, 0.4) is 0 Å². The summed E-state index contributed by atoms with van der Waals surface area (Å²) in [6.45, 7) is 4.97. The molecule has 1 aromatic heterocycles. The minimum atomic E-state index is -1.52. The minimum Gasteiger partial charge on any atom is -0.370 e. The fourth-order valence-corrected chi connectivity index (χ4v) is 1.77. The summed E-state index contributed by atoms with van der Waals surface area (Å²) in [4.78, 5) is 7.97. The van der Waals surface area contributed by atoms with E-state index in [2.05, 4.69) is 34.4 Å². The molecule has 2 aromatic rings. The van der Waals surface area contributed by atoms with Gasteiger partial charge in [0.05, 0.1) is 5.69 Å². The monoisotopic (exact) mass is 310 g/mol. The van der Waals surface area contributed by atoms with Crippen molar-refractivity contribution in [2.75, 3.05) is 17.2 Å². The lowest BCUT2D eigenvalue weighted by molar-refractivity contribution is 0.449. The van der Waals surface area contributed by atoms with Crippen LogP contribution in [0.2, 0.25) is 0 Å². The maximum atomic E-state index is 13.6. The first kappa shape index (κ1) is 16.1. The first-order valence-electron chi connectivity index (χ1n) is 6.94. The Kier molecular flexibility index (Phi) is 5.19. The van der Waals surface area contributed by atoms with Crippen LogP contribution in [-0.4, -0.2) is 16.5 Å². The maximum absolute atomic E-state index is 13.6. The van der Waals surface area contributed by atoms with Crippen molar-refractivity contribution in [3.8, 4) is 0 Å². The Balaban J connectivity index is 2.09. The molecule has 4 nitrogen and oxygen atoms in total. The first-order chi connectivity index (χ1) is 10.5. The molecule has 2 rings (SSSR count). The Bertz CT molecular complexity index is 647. The van der Waals surface area contributed by atoms with E-state index in [0.29, 0.717) is 11.7 Å². The Morgan fingerprint density at radius 2 is 1.77 bits per heavy atom. The highest BCUT2D eigenvalue weighted by atomic mass is 19.2. The number of nitrogens with zero attached hydrogens (tertiary/aromatic N) is 2. The summed E-state index contributed by atoms with van der Waals surface area (Å²) in [7, 11) is 0. The summed E-state index contributed by atoms with van der Waals surface area (Å²) >= 11 is 0. The Labute approximate surface area is 126 Å². The van der Waals surface area contributed by atoms with Crippen molar-refractivity contribution in [2.45, 2.75) is 20.3 Å². The van der Waals surface area contributed by atoms with Gasteiger partial charge in [-0.15, -0.1) is 0 Å². The minimum absolute atomic E-state index is 0.189. The zero-order chi connectivity index (χ0) is 16.1. The smallest absolute Gasteiger partial charge is 0.196 e. The van der Waals surface area contributed by atoms with Gasteiger partial charge < -0.3 is 10.6 Å². The SMILES string of the molecule is CC(C)CCNc1cc(Nc2ccc(F)c(F)c2F)ncn1. The van der Waals surface area contributed by atoms with Gasteiger partial charge in [0.15, 0.2) is 17.5 Å². The second-order valence-electron chi connectivity index (χ2n) is 5.25. The normalized spacial score (nSPS) is 10.8. The summed E-state index contributed by atoms with van der Waals surface area (Å²) in [6, 6.07) is 3.53. The number of nitrogens with one attached hydrogen (secondary N) is 2. The third-order valence-electron chi connectivity index (χ3n) is 2.99. The van der Waals surface area contributed by atoms with Crippen LogP contribution in [0.25, 0.3) is 0 Å². The molecule has 2 N–H and O–H groups in total. The standard InChI is InChI=1S/C15H17F3N4/c1-9(2)5-6-19-12-7-13(21-8-20-12)22-11-4-3-10(16)14(17)15(11)18/h3-4,7-9H,5-6H2,1-2H3,(H2,19,20,21,22). The molecule has 0 unspecified atom stereocenters. The third kappa shape index (κ3) is 4.09. The molecule has 0 fully saturated rings. The van der Waals surface area contributed by atoms with Gasteiger partial charge in [-0.3, -0.25) is 0 Å². The third-order valence-corrected chi connectivity index (χ3v) is 2.99. The van der Waals surface area contributed by atoms with Crippen LogP contribution >= 0.6 is 0 Å². The molecule has 22 heavy (non-hydrogen) atoms. The highest BCUT2D eigenvalue weighted by Gasteiger charge is 2.13. The van der Waals surface area contributed by atoms with E-state index in [1.807, 2.05) is 0 Å². The van der Waals surface area contributed by atoms with Crippen LogP contribution in [0.1, 0.15) is 20.3 Å². The van der Waals surface area contributed by atoms with Crippen LogP contribution < -0.4 is 10.6 Å². The van der Waals surface area contributed by atoms with Crippen molar-refractivity contribution in [3.63, 3.8) is 0 Å². The zero-order valence-corrected chi connectivity index (χ0v) is 12.3. The number of hydrogen-bond acceptors (Lipinski definition) is 4. The van der Waals surface area contributed by atoms with Crippen LogP contribution in [-0.2, 0) is 0 Å². The van der Waals surface area contributed by atoms with Gasteiger partial charge >= 0.3 is 0 Å². The molecule has 0 spiro atoms. The molecule has 0 saturated heterocycles. The predicted molar refractivity (Wildman–Crippen MR) is 79.6 cm³/mol. The topological polar surface area (TPSA) is 49.8 Å². The van der Waals surface area contributed by atoms with E-state index in [1.165, 1.54) is 6.33 Å². The van der Waals surface area contributed by atoms with Gasteiger partial charge in [0.25, 0.3) is 0 Å². The van der Waals surface area contributed by atoms with Gasteiger partial charge in [0.2, 0.25) is 0 Å². The Morgan fingerprint density at radius 1 is 1.05 bits per heavy atom. The average molecular weight is 310 g/mol. The molecule has 0 radical (unpaired) electrons. The average Bonchev–Trinajstić information content (AvgIpc) is 2.48. The Hall–Kier alpha value is -2.31. The lowest BCUT2D eigenvalue weighted by Crippen LogP contribution is -2.07. The van der Waals surface area contributed by atoms with Gasteiger partial charge in [-0.2, -0.15) is 0 Å². The van der Waals surface area contributed by atoms with Crippen LogP contribution in [0.5, 0.6) is 0 Å². The summed E-state index contributed by atoms with van der Waals surface area (Å²) in [5.74, 6) is -2.62. The molecule has 0 aliphatic heterocycles. The lowest BCUT2D eigenvalue weighted by Gasteiger charge is -2.10. The molecule has 0 bridgehead atoms. The number of aromatic nitrogens is 2. The van der Waals surface area contributed by atoms with E-state index in [0.717, 1.165) is 25.1 Å². The lowest BCUT2D eigenvalue weighted by atomic mass is 10.1. The highest BCUT2D eigenvalue weighted by molar-refractivity contribution is 5.59. The van der Waals surface area contributed by atoms with E-state index < -0.39 is 17.5 Å². The van der Waals surface area contributed by atoms with Crippen LogP contribution in [0, 0.1) is 23.4 Å². The van der Waals surface area contributed by atoms with Crippen molar-refractivity contribution in [1.82, 2.24) is 9.97 Å². The second kappa shape index (κ2) is 7.11. The van der Waals surface area contributed by atoms with Crippen molar-refractivity contribution >= 4 is 17.3 Å². The highest BCUT2D eigenvalue weighted by Crippen LogP contribution is 2.23. The summed E-state index contributed by atoms with van der Waals surface area (Å²) in [6.07, 6.45) is 2.28. The van der Waals surface area contributed by atoms with Gasteiger partial charge in [-0.1, -0.05) is 13.8 Å². The van der Waals surface area contributed by atoms with E-state index >= 15 is 0 Å². The molecule has 1 aromatic carbocycles. The maximum Gasteiger partial charge on any atom is 0.196 e. The number of benzene rings is 1. The molecule has 7 heteroatoms. The van der Waals surface area contributed by atoms with Gasteiger partial charge in [0.1, 0.15) is 18.0 Å². The molecule has 0 atom stereocenters. The molecule has 0 aliphatic rings. The number of anilines is 3. The van der Waals surface area contributed by atoms with E-state index in [1.54, 1.807) is 6.07 Å². The molecule has 0 aliphatic carbocycles.